The number of benzene rings is 1. The number of likely N-dealkylation sites (tertiary alicyclic amines) is 1. The highest BCUT2D eigenvalue weighted by molar-refractivity contribution is 5.55. The third-order valence-electron chi connectivity index (χ3n) is 4.86. The molecule has 1 atom stereocenters. The fourth-order valence-electron chi connectivity index (χ4n) is 3.27. The van der Waals surface area contributed by atoms with E-state index in [1.807, 2.05) is 0 Å². The molecule has 0 aromatic heterocycles. The molecule has 0 saturated carbocycles. The van der Waals surface area contributed by atoms with E-state index in [4.69, 9.17) is 0 Å². The Balaban J connectivity index is 1.90. The minimum atomic E-state index is 0.554. The fourth-order valence-corrected chi connectivity index (χ4v) is 3.27. The van der Waals surface area contributed by atoms with Crippen molar-refractivity contribution in [3.8, 4) is 0 Å². The third-order valence-corrected chi connectivity index (χ3v) is 4.86. The van der Waals surface area contributed by atoms with Gasteiger partial charge in [0.1, 0.15) is 0 Å². The summed E-state index contributed by atoms with van der Waals surface area (Å²) < 4.78 is 0. The Morgan fingerprint density at radius 1 is 1.14 bits per heavy atom. The van der Waals surface area contributed by atoms with Crippen molar-refractivity contribution in [3.63, 3.8) is 0 Å². The average molecular weight is 289 g/mol. The summed E-state index contributed by atoms with van der Waals surface area (Å²) in [7, 11) is 2.22. The molecule has 0 spiro atoms. The van der Waals surface area contributed by atoms with Gasteiger partial charge in [0.25, 0.3) is 0 Å². The number of piperidine rings is 1. The lowest BCUT2D eigenvalue weighted by Gasteiger charge is -2.33. The van der Waals surface area contributed by atoms with Crippen LogP contribution in [0.4, 0.5) is 11.4 Å². The van der Waals surface area contributed by atoms with E-state index in [1.165, 1.54) is 37.3 Å². The van der Waals surface area contributed by atoms with Gasteiger partial charge in [0.15, 0.2) is 0 Å². The van der Waals surface area contributed by atoms with Crippen LogP contribution in [0, 0.1) is 5.92 Å². The zero-order valence-electron chi connectivity index (χ0n) is 14.1. The summed E-state index contributed by atoms with van der Waals surface area (Å²) in [6, 6.07) is 9.46. The normalized spacial score (nSPS) is 18.5. The van der Waals surface area contributed by atoms with Gasteiger partial charge in [-0.15, -0.1) is 0 Å². The number of nitrogens with one attached hydrogen (secondary N) is 1. The largest absolute Gasteiger partial charge is 0.382 e. The molecule has 0 bridgehead atoms. The molecule has 21 heavy (non-hydrogen) atoms. The van der Waals surface area contributed by atoms with Gasteiger partial charge in [-0.3, -0.25) is 0 Å². The predicted octanol–water partition coefficient (Wildman–Crippen LogP) is 3.68. The second-order valence-corrected chi connectivity index (χ2v) is 6.29. The molecule has 1 N–H and O–H groups in total. The van der Waals surface area contributed by atoms with Crippen molar-refractivity contribution in [2.45, 2.75) is 39.7 Å². The number of anilines is 2. The second-order valence-electron chi connectivity index (χ2n) is 6.29. The average Bonchev–Trinajstić information content (AvgIpc) is 2.51. The molecule has 1 saturated heterocycles. The van der Waals surface area contributed by atoms with Gasteiger partial charge < -0.3 is 15.1 Å². The van der Waals surface area contributed by atoms with Gasteiger partial charge in [0, 0.05) is 30.5 Å². The lowest BCUT2D eigenvalue weighted by Crippen LogP contribution is -2.37. The third kappa shape index (κ3) is 4.37. The molecule has 1 unspecified atom stereocenters. The molecule has 1 aliphatic rings. The Morgan fingerprint density at radius 2 is 1.71 bits per heavy atom. The molecule has 0 aliphatic carbocycles. The molecule has 2 rings (SSSR count). The summed E-state index contributed by atoms with van der Waals surface area (Å²) >= 11 is 0. The van der Waals surface area contributed by atoms with Crippen molar-refractivity contribution in [2.75, 3.05) is 43.4 Å². The summed E-state index contributed by atoms with van der Waals surface area (Å²) in [6.07, 6.45) is 2.62. The highest BCUT2D eigenvalue weighted by Crippen LogP contribution is 2.24. The molecule has 118 valence electrons. The van der Waals surface area contributed by atoms with Crippen LogP contribution >= 0.6 is 0 Å². The highest BCUT2D eigenvalue weighted by atomic mass is 15.1. The molecule has 1 fully saturated rings. The summed E-state index contributed by atoms with van der Waals surface area (Å²) in [5.41, 5.74) is 2.56. The van der Waals surface area contributed by atoms with Crippen LogP contribution in [0.15, 0.2) is 24.3 Å². The van der Waals surface area contributed by atoms with Crippen molar-refractivity contribution >= 4 is 11.4 Å². The van der Waals surface area contributed by atoms with E-state index in [2.05, 4.69) is 67.2 Å². The number of hydrogen-bond acceptors (Lipinski definition) is 3. The molecule has 1 aromatic carbocycles. The molecular formula is C18H31N3. The van der Waals surface area contributed by atoms with E-state index in [-0.39, 0.29) is 0 Å². The molecule has 0 radical (unpaired) electrons. The van der Waals surface area contributed by atoms with Gasteiger partial charge in [-0.05, 0) is 83.9 Å². The lowest BCUT2D eigenvalue weighted by molar-refractivity contribution is 0.208. The predicted molar refractivity (Wildman–Crippen MR) is 93.3 cm³/mol. The van der Waals surface area contributed by atoms with E-state index in [1.54, 1.807) is 0 Å². The molecular weight excluding hydrogens is 258 g/mol. The molecule has 3 nitrogen and oxygen atoms in total. The van der Waals surface area contributed by atoms with Crippen molar-refractivity contribution < 1.29 is 0 Å². The summed E-state index contributed by atoms with van der Waals surface area (Å²) in [5, 5.41) is 3.69. The van der Waals surface area contributed by atoms with Crippen LogP contribution in [0.25, 0.3) is 0 Å². The van der Waals surface area contributed by atoms with Gasteiger partial charge in [0.2, 0.25) is 0 Å². The van der Waals surface area contributed by atoms with E-state index >= 15 is 0 Å². The first-order chi connectivity index (χ1) is 10.1. The zero-order chi connectivity index (χ0) is 15.2. The Labute approximate surface area is 130 Å². The van der Waals surface area contributed by atoms with E-state index in [9.17, 15) is 0 Å². The summed E-state index contributed by atoms with van der Waals surface area (Å²) in [5.74, 6) is 0.795. The van der Waals surface area contributed by atoms with E-state index in [0.717, 1.165) is 19.0 Å². The van der Waals surface area contributed by atoms with Crippen LogP contribution in [-0.4, -0.2) is 44.2 Å². The van der Waals surface area contributed by atoms with E-state index in [0.29, 0.717) is 6.04 Å². The van der Waals surface area contributed by atoms with Gasteiger partial charge in [-0.25, -0.2) is 0 Å². The molecule has 0 amide bonds. The quantitative estimate of drug-likeness (QED) is 0.862. The first-order valence-electron chi connectivity index (χ1n) is 8.44. The second kappa shape index (κ2) is 7.69. The Morgan fingerprint density at radius 3 is 2.24 bits per heavy atom. The fraction of sp³-hybridized carbons (Fsp3) is 0.667. The molecule has 3 heteroatoms. The Hall–Kier alpha value is -1.22. The SMILES string of the molecule is CCN(CC)c1ccc(NC(C)C2CCN(C)CC2)cc1. The number of nitrogens with zero attached hydrogens (tertiary/aromatic N) is 2. The number of rotatable bonds is 6. The maximum Gasteiger partial charge on any atom is 0.0367 e. The van der Waals surface area contributed by atoms with Gasteiger partial charge in [-0.2, -0.15) is 0 Å². The highest BCUT2D eigenvalue weighted by Gasteiger charge is 2.22. The van der Waals surface area contributed by atoms with Crippen LogP contribution in [0.1, 0.15) is 33.6 Å². The minimum absolute atomic E-state index is 0.554. The smallest absolute Gasteiger partial charge is 0.0367 e. The Bertz CT molecular complexity index is 403. The van der Waals surface area contributed by atoms with Crippen LogP contribution in [-0.2, 0) is 0 Å². The van der Waals surface area contributed by atoms with Gasteiger partial charge >= 0.3 is 0 Å². The minimum Gasteiger partial charge on any atom is -0.382 e. The first-order valence-corrected chi connectivity index (χ1v) is 8.44. The van der Waals surface area contributed by atoms with Gasteiger partial charge in [-0.1, -0.05) is 0 Å². The van der Waals surface area contributed by atoms with Crippen molar-refractivity contribution in [1.29, 1.82) is 0 Å². The summed E-state index contributed by atoms with van der Waals surface area (Å²) in [4.78, 5) is 4.81. The van der Waals surface area contributed by atoms with Crippen molar-refractivity contribution in [2.24, 2.45) is 5.92 Å². The lowest BCUT2D eigenvalue weighted by atomic mass is 9.90. The molecule has 1 aliphatic heterocycles. The zero-order valence-corrected chi connectivity index (χ0v) is 14.1. The topological polar surface area (TPSA) is 18.5 Å². The molecule has 1 aromatic rings. The van der Waals surface area contributed by atoms with Crippen LogP contribution in [0.5, 0.6) is 0 Å². The van der Waals surface area contributed by atoms with E-state index < -0.39 is 0 Å². The standard InChI is InChI=1S/C18H31N3/c1-5-21(6-2)18-9-7-17(8-10-18)19-15(3)16-11-13-20(4)14-12-16/h7-10,15-16,19H,5-6,11-14H2,1-4H3. The monoisotopic (exact) mass is 289 g/mol. The van der Waals surface area contributed by atoms with Crippen molar-refractivity contribution in [1.82, 2.24) is 4.90 Å². The Kier molecular flexibility index (Phi) is 5.92. The van der Waals surface area contributed by atoms with Crippen LogP contribution in [0.2, 0.25) is 0 Å². The van der Waals surface area contributed by atoms with Crippen LogP contribution in [0.3, 0.4) is 0 Å². The maximum absolute atomic E-state index is 3.69. The van der Waals surface area contributed by atoms with Crippen molar-refractivity contribution in [3.05, 3.63) is 24.3 Å². The van der Waals surface area contributed by atoms with Gasteiger partial charge in [0.05, 0.1) is 0 Å². The number of hydrogen-bond donors (Lipinski definition) is 1. The maximum atomic E-state index is 3.69. The van der Waals surface area contributed by atoms with Crippen LogP contribution < -0.4 is 10.2 Å². The summed E-state index contributed by atoms with van der Waals surface area (Å²) in [6.45, 7) is 11.3. The molecule has 1 heterocycles. The first kappa shape index (κ1) is 16.2.